The molecule has 1 amide bonds. The van der Waals surface area contributed by atoms with Gasteiger partial charge in [0.2, 0.25) is 0 Å². The second-order valence-electron chi connectivity index (χ2n) is 9.33. The van der Waals surface area contributed by atoms with Crippen molar-refractivity contribution in [3.05, 3.63) is 105 Å². The van der Waals surface area contributed by atoms with Crippen LogP contribution in [0.15, 0.2) is 83.6 Å². The fourth-order valence-electron chi connectivity index (χ4n) is 4.72. The molecule has 198 valence electrons. The molecule has 1 saturated heterocycles. The van der Waals surface area contributed by atoms with Crippen LogP contribution in [0.4, 0.5) is 0 Å². The van der Waals surface area contributed by atoms with E-state index in [2.05, 4.69) is 31.3 Å². The maximum Gasteiger partial charge on any atom is 0.255 e. The van der Waals surface area contributed by atoms with Crippen molar-refractivity contribution >= 4 is 44.3 Å². The molecule has 11 heteroatoms. The van der Waals surface area contributed by atoms with Crippen molar-refractivity contribution < 1.29 is 14.6 Å². The molecular weight excluding hydrogens is 584 g/mol. The molecule has 5 aromatic rings. The minimum absolute atomic E-state index is 0.178. The van der Waals surface area contributed by atoms with Gasteiger partial charge in [-0.2, -0.15) is 5.10 Å². The Morgan fingerprint density at radius 1 is 1.15 bits per heavy atom. The van der Waals surface area contributed by atoms with Gasteiger partial charge in [-0.1, -0.05) is 63.1 Å². The number of nitrogens with zero attached hydrogens (tertiary/aromatic N) is 6. The fraction of sp³-hybridized carbons (Fsp3) is 0.214. The first-order valence-corrected chi connectivity index (χ1v) is 13.6. The number of carbonyl (C=O) groups excluding carboxylic acids is 1. The third kappa shape index (κ3) is 5.33. The lowest BCUT2D eigenvalue weighted by molar-refractivity contribution is -0.0247. The van der Waals surface area contributed by atoms with Gasteiger partial charge < -0.3 is 14.7 Å². The minimum atomic E-state index is -0.743. The van der Waals surface area contributed by atoms with E-state index in [1.807, 2.05) is 54.6 Å². The van der Waals surface area contributed by atoms with Crippen LogP contribution in [0, 0.1) is 0 Å². The highest BCUT2D eigenvalue weighted by Crippen LogP contribution is 2.27. The summed E-state index contributed by atoms with van der Waals surface area (Å²) in [6.07, 6.45) is 2.37. The molecule has 1 aliphatic heterocycles. The molecule has 0 bridgehead atoms. The van der Waals surface area contributed by atoms with E-state index >= 15 is 0 Å². The lowest BCUT2D eigenvalue weighted by atomic mass is 10.1. The average Bonchev–Trinajstić information content (AvgIpc) is 3.60. The Morgan fingerprint density at radius 3 is 2.87 bits per heavy atom. The number of para-hydroxylation sites is 1. The summed E-state index contributed by atoms with van der Waals surface area (Å²) in [5.74, 6) is -0.178. The van der Waals surface area contributed by atoms with E-state index < -0.39 is 12.2 Å². The summed E-state index contributed by atoms with van der Waals surface area (Å²) < 4.78 is 10.2. The highest BCUT2D eigenvalue weighted by Gasteiger charge is 2.29. The molecule has 2 aromatic heterocycles. The molecule has 6 rings (SSSR count). The predicted octanol–water partition coefficient (Wildman–Crippen LogP) is 4.98. The van der Waals surface area contributed by atoms with E-state index in [9.17, 15) is 9.90 Å². The highest BCUT2D eigenvalue weighted by atomic mass is 79.9. The van der Waals surface area contributed by atoms with Gasteiger partial charge in [-0.25, -0.2) is 9.36 Å². The number of halogens is 2. The maximum absolute atomic E-state index is 13.4. The van der Waals surface area contributed by atoms with Gasteiger partial charge in [0.15, 0.2) is 0 Å². The summed E-state index contributed by atoms with van der Waals surface area (Å²) >= 11 is 10.0. The van der Waals surface area contributed by atoms with E-state index in [1.54, 1.807) is 38.8 Å². The van der Waals surface area contributed by atoms with Gasteiger partial charge in [-0.05, 0) is 42.0 Å². The molecule has 1 aliphatic rings. The lowest BCUT2D eigenvalue weighted by Crippen LogP contribution is -2.42. The van der Waals surface area contributed by atoms with E-state index in [0.717, 1.165) is 26.6 Å². The average molecular weight is 608 g/mol. The Morgan fingerprint density at radius 2 is 2.03 bits per heavy atom. The number of rotatable bonds is 6. The molecule has 2 atom stereocenters. The Kier molecular flexibility index (Phi) is 7.18. The van der Waals surface area contributed by atoms with Crippen LogP contribution < -0.4 is 0 Å². The third-order valence-electron chi connectivity index (χ3n) is 6.74. The van der Waals surface area contributed by atoms with Crippen LogP contribution >= 0.6 is 27.5 Å². The maximum atomic E-state index is 13.4. The van der Waals surface area contributed by atoms with Crippen molar-refractivity contribution in [2.45, 2.75) is 18.8 Å². The molecule has 3 heterocycles. The molecule has 9 nitrogen and oxygen atoms in total. The zero-order valence-corrected chi connectivity index (χ0v) is 23.0. The minimum Gasteiger partial charge on any atom is -0.386 e. The monoisotopic (exact) mass is 606 g/mol. The van der Waals surface area contributed by atoms with Crippen LogP contribution in [-0.4, -0.2) is 60.4 Å². The second-order valence-corrected chi connectivity index (χ2v) is 10.6. The topological polar surface area (TPSA) is 98.3 Å². The molecule has 0 radical (unpaired) electrons. The van der Waals surface area contributed by atoms with Gasteiger partial charge in [-0.3, -0.25) is 4.79 Å². The smallest absolute Gasteiger partial charge is 0.255 e. The number of fused-ring (bicyclic) bond motifs is 1. The molecule has 1 fully saturated rings. The Labute approximate surface area is 237 Å². The molecule has 1 N–H and O–H groups in total. The van der Waals surface area contributed by atoms with Crippen molar-refractivity contribution in [3.8, 4) is 5.69 Å². The molecular formula is C28H24BrClN6O3. The van der Waals surface area contributed by atoms with Crippen LogP contribution in [0.5, 0.6) is 0 Å². The number of hydrogen-bond acceptors (Lipinski definition) is 6. The molecule has 1 unspecified atom stereocenters. The Balaban J connectivity index is 1.15. The first-order chi connectivity index (χ1) is 19.0. The highest BCUT2D eigenvalue weighted by molar-refractivity contribution is 9.10. The van der Waals surface area contributed by atoms with E-state index in [4.69, 9.17) is 16.3 Å². The number of ether oxygens (including phenoxy) is 1. The summed E-state index contributed by atoms with van der Waals surface area (Å²) in [7, 11) is 0. The zero-order chi connectivity index (χ0) is 26.9. The van der Waals surface area contributed by atoms with E-state index in [0.29, 0.717) is 36.0 Å². The Bertz CT molecular complexity index is 1650. The van der Waals surface area contributed by atoms with Gasteiger partial charge in [0.1, 0.15) is 11.8 Å². The van der Waals surface area contributed by atoms with Crippen molar-refractivity contribution in [2.75, 3.05) is 19.7 Å². The summed E-state index contributed by atoms with van der Waals surface area (Å²) in [6, 6.07) is 20.7. The number of amides is 1. The standard InChI is InChI=1S/C28H24BrClN6O3/c29-20-6-3-5-18(12-20)26(37)16-35-15-24(32-33-35)27-17-34(10-11-39-27)28(38)22-9-8-21(13-23(22)30)36-25-7-2-1-4-19(25)14-31-36/h1-9,12-15,26-27,37H,10-11,16-17H2/t26-,27?/m0/s1. The molecule has 0 spiro atoms. The zero-order valence-electron chi connectivity index (χ0n) is 20.7. The van der Waals surface area contributed by atoms with Gasteiger partial charge in [-0.15, -0.1) is 5.10 Å². The molecule has 0 aliphatic carbocycles. The number of aromatic nitrogens is 5. The van der Waals surface area contributed by atoms with Crippen molar-refractivity contribution in [2.24, 2.45) is 0 Å². The number of carbonyl (C=O) groups is 1. The second kappa shape index (κ2) is 10.9. The number of aliphatic hydroxyl groups excluding tert-OH is 1. The van der Waals surface area contributed by atoms with Crippen LogP contribution in [0.2, 0.25) is 5.02 Å². The SMILES string of the molecule is O=C(c1ccc(-n2ncc3ccccc32)cc1Cl)N1CCOC(c2cn(C[C@H](O)c3cccc(Br)c3)nn2)C1. The molecule has 0 saturated carbocycles. The van der Waals surface area contributed by atoms with Crippen LogP contribution in [0.1, 0.15) is 33.8 Å². The number of benzene rings is 3. The number of morpholine rings is 1. The number of aliphatic hydroxyl groups is 1. The van der Waals surface area contributed by atoms with Gasteiger partial charge in [0.05, 0.1) is 60.0 Å². The third-order valence-corrected chi connectivity index (χ3v) is 7.54. The molecule has 39 heavy (non-hydrogen) atoms. The van der Waals surface area contributed by atoms with Crippen LogP contribution in [0.3, 0.4) is 0 Å². The Hall–Kier alpha value is -3.57. The van der Waals surface area contributed by atoms with Crippen molar-refractivity contribution in [1.82, 2.24) is 29.7 Å². The van der Waals surface area contributed by atoms with E-state index in [-0.39, 0.29) is 12.5 Å². The van der Waals surface area contributed by atoms with Gasteiger partial charge in [0, 0.05) is 16.4 Å². The first kappa shape index (κ1) is 25.7. The molecule has 3 aromatic carbocycles. The fourth-order valence-corrected chi connectivity index (χ4v) is 5.39. The van der Waals surface area contributed by atoms with Crippen LogP contribution in [-0.2, 0) is 11.3 Å². The van der Waals surface area contributed by atoms with Gasteiger partial charge in [0.25, 0.3) is 5.91 Å². The normalized spacial score (nSPS) is 16.5. The van der Waals surface area contributed by atoms with E-state index in [1.165, 1.54) is 0 Å². The first-order valence-electron chi connectivity index (χ1n) is 12.4. The summed E-state index contributed by atoms with van der Waals surface area (Å²) in [4.78, 5) is 15.1. The quantitative estimate of drug-likeness (QED) is 0.292. The van der Waals surface area contributed by atoms with Crippen LogP contribution in [0.25, 0.3) is 16.6 Å². The number of hydrogen-bond donors (Lipinski definition) is 1. The summed E-state index contributed by atoms with van der Waals surface area (Å²) in [5, 5.41) is 24.9. The summed E-state index contributed by atoms with van der Waals surface area (Å²) in [5.41, 5.74) is 3.52. The van der Waals surface area contributed by atoms with Crippen molar-refractivity contribution in [1.29, 1.82) is 0 Å². The lowest BCUT2D eigenvalue weighted by Gasteiger charge is -2.32. The van der Waals surface area contributed by atoms with Crippen molar-refractivity contribution in [3.63, 3.8) is 0 Å². The largest absolute Gasteiger partial charge is 0.386 e. The summed E-state index contributed by atoms with van der Waals surface area (Å²) in [6.45, 7) is 1.35. The predicted molar refractivity (Wildman–Crippen MR) is 150 cm³/mol. The van der Waals surface area contributed by atoms with Gasteiger partial charge >= 0.3 is 0 Å².